The molecule has 0 aliphatic heterocycles. The molecule has 0 heterocycles. The van der Waals surface area contributed by atoms with Gasteiger partial charge in [-0.15, -0.1) is 0 Å². The van der Waals surface area contributed by atoms with Crippen LogP contribution in [0.2, 0.25) is 5.02 Å². The van der Waals surface area contributed by atoms with Crippen molar-refractivity contribution in [2.75, 3.05) is 13.7 Å². The molecule has 0 aliphatic carbocycles. The summed E-state index contributed by atoms with van der Waals surface area (Å²) >= 11 is 5.90. The maximum Gasteiger partial charge on any atom is 0.255 e. The van der Waals surface area contributed by atoms with E-state index in [0.29, 0.717) is 29.3 Å². The van der Waals surface area contributed by atoms with Gasteiger partial charge in [0.05, 0.1) is 17.6 Å². The average Bonchev–Trinajstić information content (AvgIpc) is 2.54. The largest absolute Gasteiger partial charge is 0.496 e. The molecule has 25 heavy (non-hydrogen) atoms. The van der Waals surface area contributed by atoms with Gasteiger partial charge in [-0.1, -0.05) is 23.7 Å². The number of hydrogen-bond donors (Lipinski definition) is 2. The van der Waals surface area contributed by atoms with Gasteiger partial charge >= 0.3 is 0 Å². The number of halogens is 1. The van der Waals surface area contributed by atoms with Gasteiger partial charge in [-0.3, -0.25) is 4.79 Å². The molecule has 3 N–H and O–H groups in total. The van der Waals surface area contributed by atoms with E-state index in [1.54, 1.807) is 24.3 Å². The molecule has 6 nitrogen and oxygen atoms in total. The van der Waals surface area contributed by atoms with Gasteiger partial charge in [0, 0.05) is 41.1 Å². The number of rotatable bonds is 6. The molecule has 0 aliphatic rings. The molecule has 0 spiro atoms. The Hall–Kier alpha value is -1.09. The van der Waals surface area contributed by atoms with Crippen LogP contribution in [-0.4, -0.2) is 57.5 Å². The predicted octanol–water partition coefficient (Wildman–Crippen LogP) is 1.59. The zero-order valence-electron chi connectivity index (χ0n) is 14.0. The standard InChI is InChI=1S/C16H17ClN2O4S.Na/c1-23-15-7-4-12(17)10-14(15)16(20)19-9-8-11-2-5-13(6-3-11)24(18,21)22;/h2-7,10H,8-9H2,1H3,(H,19,20)(H2,18,21,22);. The molecule has 9 heteroatoms. The maximum absolute atomic E-state index is 12.2. The molecule has 1 radical (unpaired) electrons. The Labute approximate surface area is 174 Å². The Morgan fingerprint density at radius 2 is 1.84 bits per heavy atom. The first-order chi connectivity index (χ1) is 11.3. The minimum atomic E-state index is -3.70. The van der Waals surface area contributed by atoms with Crippen LogP contribution in [0, 0.1) is 0 Å². The summed E-state index contributed by atoms with van der Waals surface area (Å²) in [6.07, 6.45) is 0.541. The van der Waals surface area contributed by atoms with Crippen molar-refractivity contribution in [3.63, 3.8) is 0 Å². The summed E-state index contributed by atoms with van der Waals surface area (Å²) in [5.41, 5.74) is 1.23. The summed E-state index contributed by atoms with van der Waals surface area (Å²) in [5.74, 6) is 0.143. The van der Waals surface area contributed by atoms with Gasteiger partial charge in [0.25, 0.3) is 5.91 Å². The molecule has 0 bridgehead atoms. The van der Waals surface area contributed by atoms with Gasteiger partial charge in [-0.2, -0.15) is 0 Å². The number of carbonyl (C=O) groups excluding carboxylic acids is 1. The van der Waals surface area contributed by atoms with Crippen LogP contribution in [0.25, 0.3) is 0 Å². The van der Waals surface area contributed by atoms with Crippen molar-refractivity contribution >= 4 is 57.1 Å². The molecule has 2 rings (SSSR count). The first-order valence-corrected chi connectivity index (χ1v) is 8.97. The van der Waals surface area contributed by atoms with Crippen LogP contribution in [-0.2, 0) is 16.4 Å². The smallest absolute Gasteiger partial charge is 0.255 e. The normalized spacial score (nSPS) is 10.7. The SMILES string of the molecule is COc1ccc(Cl)cc1C(=O)NCCc1ccc(S(N)(=O)=O)cc1.[Na]. The Balaban J connectivity index is 0.00000312. The zero-order valence-corrected chi connectivity index (χ0v) is 17.5. The van der Waals surface area contributed by atoms with Crippen LogP contribution in [0.3, 0.4) is 0 Å². The van der Waals surface area contributed by atoms with E-state index in [-0.39, 0.29) is 40.4 Å². The second-order valence-corrected chi connectivity index (χ2v) is 7.04. The van der Waals surface area contributed by atoms with E-state index < -0.39 is 10.0 Å². The van der Waals surface area contributed by atoms with Crippen molar-refractivity contribution in [3.8, 4) is 5.75 Å². The molecule has 0 fully saturated rings. The predicted molar refractivity (Wildman–Crippen MR) is 97.6 cm³/mol. The summed E-state index contributed by atoms with van der Waals surface area (Å²) in [6.45, 7) is 0.378. The first kappa shape index (κ1) is 22.0. The Kier molecular flexibility index (Phi) is 8.40. The molecular formula is C16H17ClN2NaO4S. The average molecular weight is 392 g/mol. The Morgan fingerprint density at radius 3 is 2.40 bits per heavy atom. The van der Waals surface area contributed by atoms with Gasteiger partial charge in [-0.05, 0) is 42.3 Å². The van der Waals surface area contributed by atoms with Gasteiger partial charge < -0.3 is 10.1 Å². The second kappa shape index (κ2) is 9.56. The molecular weight excluding hydrogens is 375 g/mol. The van der Waals surface area contributed by atoms with E-state index >= 15 is 0 Å². The molecule has 129 valence electrons. The number of primary sulfonamides is 1. The van der Waals surface area contributed by atoms with Gasteiger partial charge in [0.2, 0.25) is 10.0 Å². The molecule has 2 aromatic rings. The number of methoxy groups -OCH3 is 1. The molecule has 0 unspecified atom stereocenters. The van der Waals surface area contributed by atoms with Gasteiger partial charge in [0.1, 0.15) is 5.75 Å². The van der Waals surface area contributed by atoms with Crippen molar-refractivity contribution in [3.05, 3.63) is 58.6 Å². The quantitative estimate of drug-likeness (QED) is 0.730. The molecule has 0 aromatic heterocycles. The Morgan fingerprint density at radius 1 is 1.20 bits per heavy atom. The van der Waals surface area contributed by atoms with Crippen molar-refractivity contribution in [2.45, 2.75) is 11.3 Å². The number of nitrogens with one attached hydrogen (secondary N) is 1. The van der Waals surface area contributed by atoms with Crippen molar-refractivity contribution in [1.82, 2.24) is 5.32 Å². The molecule has 0 saturated heterocycles. The third-order valence-corrected chi connectivity index (χ3v) is 4.52. The number of amides is 1. The van der Waals surface area contributed by atoms with Crippen LogP contribution in [0.4, 0.5) is 0 Å². The van der Waals surface area contributed by atoms with E-state index in [1.807, 2.05) is 0 Å². The maximum atomic E-state index is 12.2. The zero-order chi connectivity index (χ0) is 17.7. The van der Waals surface area contributed by atoms with Crippen LogP contribution >= 0.6 is 11.6 Å². The number of sulfonamides is 1. The summed E-state index contributed by atoms with van der Waals surface area (Å²) in [4.78, 5) is 12.3. The van der Waals surface area contributed by atoms with E-state index in [0.717, 1.165) is 5.56 Å². The van der Waals surface area contributed by atoms with Gasteiger partial charge in [0.15, 0.2) is 0 Å². The minimum Gasteiger partial charge on any atom is -0.496 e. The third-order valence-electron chi connectivity index (χ3n) is 3.36. The fourth-order valence-electron chi connectivity index (χ4n) is 2.12. The molecule has 2 aromatic carbocycles. The van der Waals surface area contributed by atoms with E-state index in [1.165, 1.54) is 25.3 Å². The third kappa shape index (κ3) is 6.29. The molecule has 0 atom stereocenters. The van der Waals surface area contributed by atoms with Crippen molar-refractivity contribution in [1.29, 1.82) is 0 Å². The topological polar surface area (TPSA) is 98.5 Å². The summed E-state index contributed by atoms with van der Waals surface area (Å²) in [7, 11) is -2.22. The number of nitrogens with two attached hydrogens (primary N) is 1. The van der Waals surface area contributed by atoms with E-state index in [4.69, 9.17) is 21.5 Å². The van der Waals surface area contributed by atoms with Crippen molar-refractivity contribution in [2.24, 2.45) is 5.14 Å². The number of ether oxygens (including phenoxy) is 1. The number of hydrogen-bond acceptors (Lipinski definition) is 4. The molecule has 1 amide bonds. The second-order valence-electron chi connectivity index (χ2n) is 5.04. The van der Waals surface area contributed by atoms with E-state index in [9.17, 15) is 13.2 Å². The minimum absolute atomic E-state index is 0. The van der Waals surface area contributed by atoms with Crippen LogP contribution in [0.1, 0.15) is 15.9 Å². The Bertz CT molecular complexity index is 842. The number of carbonyl (C=O) groups is 1. The van der Waals surface area contributed by atoms with E-state index in [2.05, 4.69) is 5.32 Å². The van der Waals surface area contributed by atoms with Gasteiger partial charge in [-0.25, -0.2) is 13.6 Å². The summed E-state index contributed by atoms with van der Waals surface area (Å²) in [5, 5.41) is 8.26. The van der Waals surface area contributed by atoms with Crippen LogP contribution in [0.5, 0.6) is 5.75 Å². The fourth-order valence-corrected chi connectivity index (χ4v) is 2.81. The monoisotopic (exact) mass is 391 g/mol. The van der Waals surface area contributed by atoms with Crippen LogP contribution < -0.4 is 15.2 Å². The fraction of sp³-hybridized carbons (Fsp3) is 0.188. The number of benzene rings is 2. The van der Waals surface area contributed by atoms with Crippen LogP contribution in [0.15, 0.2) is 47.4 Å². The van der Waals surface area contributed by atoms with Crippen molar-refractivity contribution < 1.29 is 17.9 Å². The molecule has 0 saturated carbocycles. The summed E-state index contributed by atoms with van der Waals surface area (Å²) < 4.78 is 27.5. The first-order valence-electron chi connectivity index (χ1n) is 7.05. The summed E-state index contributed by atoms with van der Waals surface area (Å²) in [6, 6.07) is 11.0.